The van der Waals surface area contributed by atoms with Crippen molar-refractivity contribution in [2.45, 2.75) is 213 Å². The Kier molecular flexibility index (Phi) is 37.6. The Hall–Kier alpha value is -0.760. The van der Waals surface area contributed by atoms with Crippen LogP contribution in [-0.4, -0.2) is 75.6 Å². The number of carbonyl (C=O) groups excluding carboxylic acids is 1. The molecule has 0 spiro atoms. The lowest BCUT2D eigenvalue weighted by molar-refractivity contribution is -0.870. The molecule has 8 nitrogen and oxygen atoms in total. The lowest BCUT2D eigenvalue weighted by Gasteiger charge is -2.24. The van der Waals surface area contributed by atoms with E-state index in [2.05, 4.69) is 26.0 Å². The SMILES string of the molecule is CCCCCCCC/C=C\CCCCCCCCCC(=O)OC(COCCCCCCCCCCCCCCCC)COP(=O)(O)OCC[N+](C)(C)C. The first-order chi connectivity index (χ1) is 25.6. The number of ether oxygens (including phenoxy) is 2. The molecule has 0 radical (unpaired) electrons. The third-order valence-electron chi connectivity index (χ3n) is 9.83. The maximum atomic E-state index is 12.7. The molecule has 1 N–H and O–H groups in total. The van der Waals surface area contributed by atoms with Gasteiger partial charge in [-0.05, 0) is 38.5 Å². The number of unbranched alkanes of at least 4 members (excludes halogenated alkanes) is 26. The largest absolute Gasteiger partial charge is 0.472 e. The summed E-state index contributed by atoms with van der Waals surface area (Å²) in [6, 6.07) is 0. The van der Waals surface area contributed by atoms with Crippen LogP contribution in [0.15, 0.2) is 12.2 Å². The van der Waals surface area contributed by atoms with E-state index in [1.807, 2.05) is 21.1 Å². The first kappa shape index (κ1) is 52.2. The minimum Gasteiger partial charge on any atom is -0.457 e. The van der Waals surface area contributed by atoms with Gasteiger partial charge < -0.3 is 18.9 Å². The fraction of sp³-hybridized carbons (Fsp3) is 0.932. The number of nitrogens with zero attached hydrogens (tertiary/aromatic N) is 1. The zero-order chi connectivity index (χ0) is 39.1. The number of rotatable bonds is 42. The van der Waals surface area contributed by atoms with E-state index in [0.29, 0.717) is 24.1 Å². The lowest BCUT2D eigenvalue weighted by Crippen LogP contribution is -2.37. The van der Waals surface area contributed by atoms with Gasteiger partial charge in [0.05, 0.1) is 34.4 Å². The second-order valence-corrected chi connectivity index (χ2v) is 17.9. The fourth-order valence-corrected chi connectivity index (χ4v) is 7.05. The molecule has 2 unspecified atom stereocenters. The average Bonchev–Trinajstić information content (AvgIpc) is 3.11. The maximum Gasteiger partial charge on any atom is 0.472 e. The van der Waals surface area contributed by atoms with Gasteiger partial charge in [-0.25, -0.2) is 4.57 Å². The zero-order valence-electron chi connectivity index (χ0n) is 35.8. The molecular weight excluding hydrogens is 685 g/mol. The third kappa shape index (κ3) is 42.2. The number of hydrogen-bond acceptors (Lipinski definition) is 6. The number of hydrogen-bond donors (Lipinski definition) is 1. The van der Waals surface area contributed by atoms with Gasteiger partial charge in [0.25, 0.3) is 0 Å². The summed E-state index contributed by atoms with van der Waals surface area (Å²) in [5.41, 5.74) is 0. The van der Waals surface area contributed by atoms with Crippen LogP contribution in [0.2, 0.25) is 0 Å². The highest BCUT2D eigenvalue weighted by atomic mass is 31.2. The van der Waals surface area contributed by atoms with Gasteiger partial charge in [0.2, 0.25) is 0 Å². The molecular formula is C44H89NO7P+. The van der Waals surface area contributed by atoms with Crippen molar-refractivity contribution in [3.8, 4) is 0 Å². The van der Waals surface area contributed by atoms with Crippen LogP contribution in [0.4, 0.5) is 0 Å². The van der Waals surface area contributed by atoms with Crippen molar-refractivity contribution < 1.29 is 37.3 Å². The molecule has 316 valence electrons. The molecule has 0 aromatic carbocycles. The minimum absolute atomic E-state index is 0.0910. The van der Waals surface area contributed by atoms with Crippen LogP contribution in [0, 0.1) is 0 Å². The van der Waals surface area contributed by atoms with Crippen LogP contribution < -0.4 is 0 Å². The summed E-state index contributed by atoms with van der Waals surface area (Å²) in [5, 5.41) is 0. The zero-order valence-corrected chi connectivity index (χ0v) is 36.7. The Morgan fingerprint density at radius 1 is 0.566 bits per heavy atom. The summed E-state index contributed by atoms with van der Waals surface area (Å²) < 4.78 is 35.0. The average molecular weight is 775 g/mol. The van der Waals surface area contributed by atoms with E-state index >= 15 is 0 Å². The Bertz CT molecular complexity index is 863. The Labute approximate surface area is 329 Å². The summed E-state index contributed by atoms with van der Waals surface area (Å²) in [5.74, 6) is -0.315. The monoisotopic (exact) mass is 775 g/mol. The topological polar surface area (TPSA) is 91.3 Å². The van der Waals surface area contributed by atoms with E-state index in [1.54, 1.807) is 0 Å². The van der Waals surface area contributed by atoms with Gasteiger partial charge in [-0.1, -0.05) is 174 Å². The predicted molar refractivity (Wildman–Crippen MR) is 224 cm³/mol. The summed E-state index contributed by atoms with van der Waals surface area (Å²) in [6.07, 6.45) is 40.9. The first-order valence-corrected chi connectivity index (χ1v) is 23.9. The molecule has 0 rings (SSSR count). The first-order valence-electron chi connectivity index (χ1n) is 22.4. The molecule has 0 bridgehead atoms. The molecule has 0 fully saturated rings. The smallest absolute Gasteiger partial charge is 0.457 e. The molecule has 0 amide bonds. The fourth-order valence-electron chi connectivity index (χ4n) is 6.31. The molecule has 0 aromatic rings. The van der Waals surface area contributed by atoms with Crippen LogP contribution in [0.5, 0.6) is 0 Å². The number of esters is 1. The Morgan fingerprint density at radius 2 is 0.981 bits per heavy atom. The third-order valence-corrected chi connectivity index (χ3v) is 10.8. The van der Waals surface area contributed by atoms with Gasteiger partial charge in [0.1, 0.15) is 19.3 Å². The number of likely N-dealkylation sites (N-methyl/N-ethyl adjacent to an activating group) is 1. The van der Waals surface area contributed by atoms with Crippen molar-refractivity contribution in [2.75, 3.05) is 54.1 Å². The van der Waals surface area contributed by atoms with Gasteiger partial charge in [0.15, 0.2) is 0 Å². The second-order valence-electron chi connectivity index (χ2n) is 16.4. The molecule has 0 heterocycles. The van der Waals surface area contributed by atoms with Crippen molar-refractivity contribution in [3.63, 3.8) is 0 Å². The van der Waals surface area contributed by atoms with Crippen molar-refractivity contribution >= 4 is 13.8 Å². The standard InChI is InChI=1S/C44H88NO7P/c1-6-8-10-12-14-16-18-20-22-23-24-25-27-29-31-33-35-37-44(46)52-43(42-51-53(47,48)50-40-38-45(3,4)5)41-49-39-36-34-32-30-28-26-21-19-17-15-13-11-9-7-2/h20,22,43H,6-19,21,23-42H2,1-5H3/p+1/b22-20-. The Balaban J connectivity index is 4.20. The molecule has 0 saturated carbocycles. The van der Waals surface area contributed by atoms with Crippen LogP contribution in [0.3, 0.4) is 0 Å². The highest BCUT2D eigenvalue weighted by Crippen LogP contribution is 2.43. The molecule has 0 saturated heterocycles. The van der Waals surface area contributed by atoms with Gasteiger partial charge >= 0.3 is 13.8 Å². The Morgan fingerprint density at radius 3 is 1.43 bits per heavy atom. The summed E-state index contributed by atoms with van der Waals surface area (Å²) in [4.78, 5) is 22.9. The van der Waals surface area contributed by atoms with Crippen molar-refractivity contribution in [1.82, 2.24) is 0 Å². The molecule has 0 aliphatic heterocycles. The van der Waals surface area contributed by atoms with Gasteiger partial charge in [-0.3, -0.25) is 13.8 Å². The van der Waals surface area contributed by atoms with E-state index in [9.17, 15) is 14.3 Å². The molecule has 53 heavy (non-hydrogen) atoms. The molecule has 2 atom stereocenters. The molecule has 0 aromatic heterocycles. The molecule has 0 aliphatic carbocycles. The highest BCUT2D eigenvalue weighted by Gasteiger charge is 2.26. The van der Waals surface area contributed by atoms with E-state index in [-0.39, 0.29) is 25.8 Å². The summed E-state index contributed by atoms with van der Waals surface area (Å²) in [6.45, 7) is 5.65. The van der Waals surface area contributed by atoms with E-state index in [0.717, 1.165) is 32.1 Å². The minimum atomic E-state index is -4.27. The summed E-state index contributed by atoms with van der Waals surface area (Å²) >= 11 is 0. The molecule has 0 aliphatic rings. The highest BCUT2D eigenvalue weighted by molar-refractivity contribution is 7.47. The van der Waals surface area contributed by atoms with Crippen molar-refractivity contribution in [2.24, 2.45) is 0 Å². The van der Waals surface area contributed by atoms with E-state index in [4.69, 9.17) is 18.5 Å². The van der Waals surface area contributed by atoms with Crippen molar-refractivity contribution in [3.05, 3.63) is 12.2 Å². The quantitative estimate of drug-likeness (QED) is 0.0217. The number of phosphoric acid groups is 1. The van der Waals surface area contributed by atoms with Crippen LogP contribution in [0.25, 0.3) is 0 Å². The number of allylic oxidation sites excluding steroid dienone is 2. The summed E-state index contributed by atoms with van der Waals surface area (Å²) in [7, 11) is 1.68. The van der Waals surface area contributed by atoms with Gasteiger partial charge in [-0.2, -0.15) is 0 Å². The van der Waals surface area contributed by atoms with Crippen molar-refractivity contribution in [1.29, 1.82) is 0 Å². The number of phosphoric ester groups is 1. The predicted octanol–water partition coefficient (Wildman–Crippen LogP) is 13.1. The molecule has 9 heteroatoms. The normalized spacial score (nSPS) is 13.8. The van der Waals surface area contributed by atoms with E-state index < -0.39 is 13.9 Å². The van der Waals surface area contributed by atoms with E-state index in [1.165, 1.54) is 154 Å². The maximum absolute atomic E-state index is 12.7. The van der Waals surface area contributed by atoms with Gasteiger partial charge in [-0.15, -0.1) is 0 Å². The number of carbonyl (C=O) groups is 1. The second kappa shape index (κ2) is 38.1. The van der Waals surface area contributed by atoms with Gasteiger partial charge in [0, 0.05) is 13.0 Å². The van der Waals surface area contributed by atoms with Crippen LogP contribution in [-0.2, 0) is 27.9 Å². The van der Waals surface area contributed by atoms with Crippen LogP contribution >= 0.6 is 7.82 Å². The lowest BCUT2D eigenvalue weighted by atomic mass is 10.0. The van der Waals surface area contributed by atoms with Crippen LogP contribution in [0.1, 0.15) is 206 Å². The number of quaternary nitrogens is 1.